The number of hydrogen-bond acceptors (Lipinski definition) is 1. The Bertz CT molecular complexity index is 707. The third kappa shape index (κ3) is 2.68. The van der Waals surface area contributed by atoms with E-state index in [1.54, 1.807) is 6.08 Å². The first-order valence-corrected chi connectivity index (χ1v) is 7.64. The van der Waals surface area contributed by atoms with Crippen LogP contribution in [0.4, 0.5) is 8.78 Å². The van der Waals surface area contributed by atoms with Gasteiger partial charge < -0.3 is 5.32 Å². The van der Waals surface area contributed by atoms with Gasteiger partial charge in [-0.1, -0.05) is 17.7 Å². The molecule has 2 aliphatic rings. The number of carbonyl (C=O) groups excluding carboxylic acids is 1. The predicted octanol–water partition coefficient (Wildman–Crippen LogP) is 4.18. The Hall–Kier alpha value is -1.68. The molecule has 1 unspecified atom stereocenters. The Labute approximate surface area is 132 Å². The normalized spacial score (nSPS) is 23.6. The quantitative estimate of drug-likeness (QED) is 0.869. The number of allylic oxidation sites excluding steroid dienone is 3. The van der Waals surface area contributed by atoms with Crippen LogP contribution in [0, 0.1) is 5.82 Å². The minimum Gasteiger partial charge on any atom is -0.322 e. The summed E-state index contributed by atoms with van der Waals surface area (Å²) < 4.78 is 27.6. The molecule has 5 heteroatoms. The van der Waals surface area contributed by atoms with Gasteiger partial charge in [-0.3, -0.25) is 4.79 Å². The minimum absolute atomic E-state index is 0.0645. The second-order valence-corrected chi connectivity index (χ2v) is 6.32. The Morgan fingerprint density at radius 1 is 1.32 bits per heavy atom. The van der Waals surface area contributed by atoms with Gasteiger partial charge in [-0.15, -0.1) is 0 Å². The van der Waals surface area contributed by atoms with Gasteiger partial charge in [0.2, 0.25) is 0 Å². The van der Waals surface area contributed by atoms with Crippen LogP contribution in [0.3, 0.4) is 0 Å². The summed E-state index contributed by atoms with van der Waals surface area (Å²) in [5.41, 5.74) is 0.774. The van der Waals surface area contributed by atoms with E-state index in [0.29, 0.717) is 29.7 Å². The van der Waals surface area contributed by atoms with Gasteiger partial charge in [0.25, 0.3) is 5.91 Å². The van der Waals surface area contributed by atoms with Crippen LogP contribution in [0.5, 0.6) is 0 Å². The monoisotopic (exact) mass is 323 g/mol. The van der Waals surface area contributed by atoms with Crippen molar-refractivity contribution >= 4 is 17.5 Å². The topological polar surface area (TPSA) is 29.1 Å². The molecule has 1 N–H and O–H groups in total. The average molecular weight is 324 g/mol. The molecular formula is C17H16ClF2NO. The summed E-state index contributed by atoms with van der Waals surface area (Å²) in [6.45, 7) is 1.40. The fraction of sp³-hybridized carbons (Fsp3) is 0.353. The third-order valence-corrected chi connectivity index (χ3v) is 4.72. The van der Waals surface area contributed by atoms with Crippen molar-refractivity contribution in [3.63, 3.8) is 0 Å². The summed E-state index contributed by atoms with van der Waals surface area (Å²) in [4.78, 5) is 12.4. The highest BCUT2D eigenvalue weighted by atomic mass is 35.5. The molecule has 1 atom stereocenters. The lowest BCUT2D eigenvalue weighted by Crippen LogP contribution is -2.28. The molecule has 2 aliphatic carbocycles. The molecule has 0 aromatic heterocycles. The second-order valence-electron chi connectivity index (χ2n) is 5.91. The number of amides is 1. The number of rotatable bonds is 2. The molecule has 0 bridgehead atoms. The van der Waals surface area contributed by atoms with Gasteiger partial charge in [0, 0.05) is 17.7 Å². The summed E-state index contributed by atoms with van der Waals surface area (Å²) in [5, 5.41) is 2.79. The zero-order chi connectivity index (χ0) is 15.9. The Balaban J connectivity index is 1.83. The van der Waals surface area contributed by atoms with Gasteiger partial charge in [0.15, 0.2) is 0 Å². The standard InChI is InChI=1S/C17H16ClF2NO/c1-17(20)8-7-10(9-15(17)18)21-16(22)13-5-6-14(19)12-4-2-3-11(12)13/h5-7,9H,2-4,8H2,1H3,(H,21,22). The molecule has 0 radical (unpaired) electrons. The van der Waals surface area contributed by atoms with Crippen molar-refractivity contribution in [2.75, 3.05) is 0 Å². The molecule has 2 nitrogen and oxygen atoms in total. The first-order valence-electron chi connectivity index (χ1n) is 7.27. The van der Waals surface area contributed by atoms with Crippen LogP contribution in [-0.4, -0.2) is 11.6 Å². The van der Waals surface area contributed by atoms with E-state index in [0.717, 1.165) is 12.0 Å². The molecule has 0 aliphatic heterocycles. The molecule has 0 saturated heterocycles. The van der Waals surface area contributed by atoms with Crippen LogP contribution >= 0.6 is 11.6 Å². The van der Waals surface area contributed by atoms with E-state index in [2.05, 4.69) is 5.32 Å². The Morgan fingerprint density at radius 3 is 2.77 bits per heavy atom. The molecule has 0 saturated carbocycles. The predicted molar refractivity (Wildman–Crippen MR) is 82.0 cm³/mol. The van der Waals surface area contributed by atoms with Crippen LogP contribution in [0.1, 0.15) is 41.3 Å². The van der Waals surface area contributed by atoms with Crippen LogP contribution < -0.4 is 5.32 Å². The highest BCUT2D eigenvalue weighted by molar-refractivity contribution is 6.31. The highest BCUT2D eigenvalue weighted by Crippen LogP contribution is 2.34. The van der Waals surface area contributed by atoms with E-state index in [9.17, 15) is 13.6 Å². The van der Waals surface area contributed by atoms with Crippen molar-refractivity contribution in [1.82, 2.24) is 5.32 Å². The fourth-order valence-corrected chi connectivity index (χ4v) is 3.10. The maximum absolute atomic E-state index is 13.9. The molecule has 3 rings (SSSR count). The molecule has 1 amide bonds. The first kappa shape index (κ1) is 15.2. The summed E-state index contributed by atoms with van der Waals surface area (Å²) in [7, 11) is 0. The highest BCUT2D eigenvalue weighted by Gasteiger charge is 2.30. The number of alkyl halides is 1. The van der Waals surface area contributed by atoms with Crippen LogP contribution in [-0.2, 0) is 12.8 Å². The first-order chi connectivity index (χ1) is 10.4. The SMILES string of the molecule is CC1(F)CC=C(NC(=O)c2ccc(F)c3c2CCC3)C=C1Cl. The van der Waals surface area contributed by atoms with Gasteiger partial charge in [-0.2, -0.15) is 0 Å². The lowest BCUT2D eigenvalue weighted by Gasteiger charge is -2.23. The maximum atomic E-state index is 13.9. The smallest absolute Gasteiger partial charge is 0.255 e. The number of benzene rings is 1. The third-order valence-electron chi connectivity index (χ3n) is 4.22. The molecule has 0 spiro atoms. The maximum Gasteiger partial charge on any atom is 0.255 e. The van der Waals surface area contributed by atoms with E-state index in [-0.39, 0.29) is 23.2 Å². The largest absolute Gasteiger partial charge is 0.322 e. The zero-order valence-electron chi connectivity index (χ0n) is 12.2. The van der Waals surface area contributed by atoms with Gasteiger partial charge in [0.1, 0.15) is 11.5 Å². The number of fused-ring (bicyclic) bond motifs is 1. The van der Waals surface area contributed by atoms with Gasteiger partial charge in [-0.05, 0) is 55.5 Å². The van der Waals surface area contributed by atoms with Gasteiger partial charge in [-0.25, -0.2) is 8.78 Å². The van der Waals surface area contributed by atoms with E-state index in [1.165, 1.54) is 25.1 Å². The number of nitrogens with one attached hydrogen (secondary N) is 1. The number of hydrogen-bond donors (Lipinski definition) is 1. The average Bonchev–Trinajstić information content (AvgIpc) is 2.94. The Morgan fingerprint density at radius 2 is 2.05 bits per heavy atom. The van der Waals surface area contributed by atoms with Crippen LogP contribution in [0.25, 0.3) is 0 Å². The summed E-state index contributed by atoms with van der Waals surface area (Å²) >= 11 is 5.89. The lowest BCUT2D eigenvalue weighted by atomic mass is 9.97. The van der Waals surface area contributed by atoms with Crippen molar-refractivity contribution < 1.29 is 13.6 Å². The molecule has 0 heterocycles. The van der Waals surface area contributed by atoms with E-state index < -0.39 is 5.67 Å². The lowest BCUT2D eigenvalue weighted by molar-refractivity contribution is 0.0965. The molecule has 1 aromatic rings. The van der Waals surface area contributed by atoms with E-state index >= 15 is 0 Å². The molecular weight excluding hydrogens is 308 g/mol. The summed E-state index contributed by atoms with van der Waals surface area (Å²) in [5.74, 6) is -0.565. The minimum atomic E-state index is -1.59. The molecule has 116 valence electrons. The molecule has 22 heavy (non-hydrogen) atoms. The van der Waals surface area contributed by atoms with Crippen molar-refractivity contribution in [3.05, 3.63) is 57.5 Å². The van der Waals surface area contributed by atoms with Crippen molar-refractivity contribution in [3.8, 4) is 0 Å². The van der Waals surface area contributed by atoms with Crippen LogP contribution in [0.15, 0.2) is 35.0 Å². The van der Waals surface area contributed by atoms with E-state index in [4.69, 9.17) is 11.6 Å². The number of carbonyl (C=O) groups is 1. The van der Waals surface area contributed by atoms with Crippen molar-refractivity contribution in [2.24, 2.45) is 0 Å². The summed E-state index contributed by atoms with van der Waals surface area (Å²) in [6.07, 6.45) is 5.36. The zero-order valence-corrected chi connectivity index (χ0v) is 12.9. The molecule has 0 fully saturated rings. The van der Waals surface area contributed by atoms with Crippen molar-refractivity contribution in [1.29, 1.82) is 0 Å². The van der Waals surface area contributed by atoms with Gasteiger partial charge >= 0.3 is 0 Å². The fourth-order valence-electron chi connectivity index (χ4n) is 2.91. The summed E-state index contributed by atoms with van der Waals surface area (Å²) in [6, 6.07) is 2.83. The van der Waals surface area contributed by atoms with Crippen molar-refractivity contribution in [2.45, 2.75) is 38.3 Å². The van der Waals surface area contributed by atoms with Crippen LogP contribution in [0.2, 0.25) is 0 Å². The number of halogens is 3. The Kier molecular flexibility index (Phi) is 3.81. The second kappa shape index (κ2) is 5.51. The van der Waals surface area contributed by atoms with Gasteiger partial charge in [0.05, 0.1) is 5.03 Å². The molecule has 1 aromatic carbocycles. The van der Waals surface area contributed by atoms with E-state index in [1.807, 2.05) is 0 Å².